The van der Waals surface area contributed by atoms with Crippen LogP contribution in [-0.4, -0.2) is 21.9 Å². The van der Waals surface area contributed by atoms with Gasteiger partial charge in [-0.3, -0.25) is 9.78 Å². The van der Waals surface area contributed by atoms with Gasteiger partial charge < -0.3 is 4.74 Å². The van der Waals surface area contributed by atoms with E-state index in [0.717, 1.165) is 30.0 Å². The van der Waals surface area contributed by atoms with Crippen molar-refractivity contribution in [3.8, 4) is 5.75 Å². The molecule has 0 aromatic carbocycles. The van der Waals surface area contributed by atoms with Crippen molar-refractivity contribution in [3.05, 3.63) is 53.6 Å². The van der Waals surface area contributed by atoms with Gasteiger partial charge in [0.25, 0.3) is 0 Å². The van der Waals surface area contributed by atoms with Gasteiger partial charge in [-0.15, -0.1) is 0 Å². The summed E-state index contributed by atoms with van der Waals surface area (Å²) < 4.78 is 6.07. The number of Topliss-reactive ketones (excluding diaryl/α,β-unsaturated/α-hetero) is 1. The minimum absolute atomic E-state index is 0.0269. The normalized spacial score (nSPS) is 15.3. The first-order chi connectivity index (χ1) is 11.2. The maximum Gasteiger partial charge on any atom is 0.187 e. The standard InChI is InChI=1S/C19H22N2O2/c1-14-11-17(23-16-8-3-2-4-9-16)13-18(21-14)19(22)12-15-7-5-6-10-20-15/h5-7,10-11,13,16H,2-4,8-9,12H2,1H3. The largest absolute Gasteiger partial charge is 0.490 e. The summed E-state index contributed by atoms with van der Waals surface area (Å²) in [5.41, 5.74) is 2.03. The quantitative estimate of drug-likeness (QED) is 0.785. The van der Waals surface area contributed by atoms with Crippen molar-refractivity contribution in [3.63, 3.8) is 0 Å². The molecule has 4 heteroatoms. The first-order valence-electron chi connectivity index (χ1n) is 8.29. The number of hydrogen-bond donors (Lipinski definition) is 0. The van der Waals surface area contributed by atoms with Gasteiger partial charge in [0.05, 0.1) is 12.5 Å². The van der Waals surface area contributed by atoms with Crippen LogP contribution in [0.1, 0.15) is 54.0 Å². The van der Waals surface area contributed by atoms with Crippen LogP contribution < -0.4 is 4.74 Å². The summed E-state index contributed by atoms with van der Waals surface area (Å²) in [4.78, 5) is 21.0. The number of pyridine rings is 2. The average Bonchev–Trinajstić information content (AvgIpc) is 2.56. The van der Waals surface area contributed by atoms with Crippen molar-refractivity contribution < 1.29 is 9.53 Å². The van der Waals surface area contributed by atoms with Crippen molar-refractivity contribution in [1.82, 2.24) is 9.97 Å². The molecule has 0 spiro atoms. The molecule has 0 aliphatic heterocycles. The van der Waals surface area contributed by atoms with Crippen molar-refractivity contribution in [2.45, 2.75) is 51.6 Å². The van der Waals surface area contributed by atoms with Crippen LogP contribution >= 0.6 is 0 Å². The molecule has 1 saturated carbocycles. The van der Waals surface area contributed by atoms with Crippen LogP contribution in [0.25, 0.3) is 0 Å². The molecule has 0 bridgehead atoms. The van der Waals surface area contributed by atoms with Gasteiger partial charge in [-0.2, -0.15) is 0 Å². The molecule has 1 aliphatic carbocycles. The molecule has 0 unspecified atom stereocenters. The third-order valence-corrected chi connectivity index (χ3v) is 4.14. The lowest BCUT2D eigenvalue weighted by Crippen LogP contribution is -2.20. The highest BCUT2D eigenvalue weighted by atomic mass is 16.5. The summed E-state index contributed by atoms with van der Waals surface area (Å²) >= 11 is 0. The topological polar surface area (TPSA) is 52.1 Å². The van der Waals surface area contributed by atoms with E-state index >= 15 is 0 Å². The van der Waals surface area contributed by atoms with Gasteiger partial charge in [0.2, 0.25) is 0 Å². The fourth-order valence-corrected chi connectivity index (χ4v) is 2.98. The second kappa shape index (κ2) is 7.36. The minimum Gasteiger partial charge on any atom is -0.490 e. The SMILES string of the molecule is Cc1cc(OC2CCCCC2)cc(C(=O)Cc2ccccn2)n1. The molecule has 0 atom stereocenters. The number of aryl methyl sites for hydroxylation is 1. The van der Waals surface area contributed by atoms with Crippen LogP contribution in [0.5, 0.6) is 5.75 Å². The molecule has 1 aliphatic rings. The lowest BCUT2D eigenvalue weighted by atomic mass is 9.98. The molecular weight excluding hydrogens is 288 g/mol. The van der Waals surface area contributed by atoms with E-state index < -0.39 is 0 Å². The third kappa shape index (κ3) is 4.38. The Morgan fingerprint density at radius 2 is 2.04 bits per heavy atom. The van der Waals surface area contributed by atoms with E-state index in [1.807, 2.05) is 31.2 Å². The zero-order chi connectivity index (χ0) is 16.1. The molecule has 2 heterocycles. The van der Waals surface area contributed by atoms with Crippen LogP contribution in [0.15, 0.2) is 36.5 Å². The molecule has 0 saturated heterocycles. The molecule has 23 heavy (non-hydrogen) atoms. The van der Waals surface area contributed by atoms with E-state index in [9.17, 15) is 4.79 Å². The number of ether oxygens (including phenoxy) is 1. The van der Waals surface area contributed by atoms with E-state index in [-0.39, 0.29) is 18.3 Å². The number of nitrogens with zero attached hydrogens (tertiary/aromatic N) is 2. The smallest absolute Gasteiger partial charge is 0.187 e. The van der Waals surface area contributed by atoms with E-state index in [0.29, 0.717) is 5.69 Å². The highest BCUT2D eigenvalue weighted by Crippen LogP contribution is 2.24. The predicted octanol–water partition coefficient (Wildman–Crippen LogP) is 3.92. The summed E-state index contributed by atoms with van der Waals surface area (Å²) in [6.07, 6.45) is 8.16. The molecule has 0 radical (unpaired) electrons. The summed E-state index contributed by atoms with van der Waals surface area (Å²) in [5.74, 6) is 0.731. The van der Waals surface area contributed by atoms with E-state index in [4.69, 9.17) is 4.74 Å². The Balaban J connectivity index is 1.72. The van der Waals surface area contributed by atoms with Gasteiger partial charge in [0.1, 0.15) is 11.4 Å². The molecule has 2 aromatic heterocycles. The van der Waals surface area contributed by atoms with E-state index in [2.05, 4.69) is 9.97 Å². The summed E-state index contributed by atoms with van der Waals surface area (Å²) in [7, 11) is 0. The molecule has 120 valence electrons. The molecule has 4 nitrogen and oxygen atoms in total. The second-order valence-corrected chi connectivity index (χ2v) is 6.13. The Kier molecular flexibility index (Phi) is 5.01. The number of aromatic nitrogens is 2. The zero-order valence-electron chi connectivity index (χ0n) is 13.5. The Bertz CT molecular complexity index is 664. The molecule has 3 rings (SSSR count). The van der Waals surface area contributed by atoms with Crippen LogP contribution in [0.4, 0.5) is 0 Å². The van der Waals surface area contributed by atoms with Gasteiger partial charge in [-0.25, -0.2) is 4.98 Å². The van der Waals surface area contributed by atoms with E-state index in [1.165, 1.54) is 19.3 Å². The van der Waals surface area contributed by atoms with Gasteiger partial charge >= 0.3 is 0 Å². The van der Waals surface area contributed by atoms with Crippen molar-refractivity contribution in [2.24, 2.45) is 0 Å². The number of carbonyl (C=O) groups is 1. The first-order valence-corrected chi connectivity index (χ1v) is 8.29. The number of hydrogen-bond acceptors (Lipinski definition) is 4. The average molecular weight is 310 g/mol. The highest BCUT2D eigenvalue weighted by molar-refractivity contribution is 5.95. The van der Waals surface area contributed by atoms with Crippen LogP contribution in [0.2, 0.25) is 0 Å². The van der Waals surface area contributed by atoms with Gasteiger partial charge in [-0.05, 0) is 44.7 Å². The molecule has 0 N–H and O–H groups in total. The first kappa shape index (κ1) is 15.7. The Morgan fingerprint density at radius 3 is 2.78 bits per heavy atom. The van der Waals surface area contributed by atoms with Crippen LogP contribution in [-0.2, 0) is 6.42 Å². The minimum atomic E-state index is -0.0269. The third-order valence-electron chi connectivity index (χ3n) is 4.14. The number of carbonyl (C=O) groups excluding carboxylic acids is 1. The summed E-state index contributed by atoms with van der Waals surface area (Å²) in [6, 6.07) is 9.26. The zero-order valence-corrected chi connectivity index (χ0v) is 13.5. The Morgan fingerprint density at radius 1 is 1.22 bits per heavy atom. The van der Waals surface area contributed by atoms with Gasteiger partial charge in [-0.1, -0.05) is 12.5 Å². The molecular formula is C19H22N2O2. The molecule has 1 fully saturated rings. The highest BCUT2D eigenvalue weighted by Gasteiger charge is 2.17. The Labute approximate surface area is 136 Å². The maximum absolute atomic E-state index is 12.5. The second-order valence-electron chi connectivity index (χ2n) is 6.13. The van der Waals surface area contributed by atoms with Crippen LogP contribution in [0, 0.1) is 6.92 Å². The van der Waals surface area contributed by atoms with E-state index in [1.54, 1.807) is 12.3 Å². The Hall–Kier alpha value is -2.23. The monoisotopic (exact) mass is 310 g/mol. The summed E-state index contributed by atoms with van der Waals surface area (Å²) in [6.45, 7) is 1.89. The maximum atomic E-state index is 12.5. The fraction of sp³-hybridized carbons (Fsp3) is 0.421. The predicted molar refractivity (Wildman–Crippen MR) is 88.7 cm³/mol. The van der Waals surface area contributed by atoms with Crippen molar-refractivity contribution in [1.29, 1.82) is 0 Å². The lowest BCUT2D eigenvalue weighted by Gasteiger charge is -2.23. The fourth-order valence-electron chi connectivity index (χ4n) is 2.98. The number of rotatable bonds is 5. The molecule has 0 amide bonds. The van der Waals surface area contributed by atoms with Gasteiger partial charge in [0.15, 0.2) is 5.78 Å². The number of ketones is 1. The summed E-state index contributed by atoms with van der Waals surface area (Å²) in [5, 5.41) is 0. The van der Waals surface area contributed by atoms with Crippen LogP contribution in [0.3, 0.4) is 0 Å². The van der Waals surface area contributed by atoms with Crippen molar-refractivity contribution >= 4 is 5.78 Å². The van der Waals surface area contributed by atoms with Crippen molar-refractivity contribution in [2.75, 3.05) is 0 Å². The molecule has 2 aromatic rings. The van der Waals surface area contributed by atoms with Gasteiger partial charge in [0, 0.05) is 29.7 Å². The lowest BCUT2D eigenvalue weighted by molar-refractivity contribution is 0.0985.